The zero-order valence-corrected chi connectivity index (χ0v) is 11.4. The molecule has 5 nitrogen and oxygen atoms in total. The van der Waals surface area contributed by atoms with E-state index in [0.29, 0.717) is 16.5 Å². The van der Waals surface area contributed by atoms with Gasteiger partial charge in [-0.3, -0.25) is 0 Å². The first-order chi connectivity index (χ1) is 9.22. The number of ether oxygens (including phenoxy) is 1. The van der Waals surface area contributed by atoms with Crippen LogP contribution >= 0.6 is 11.6 Å². The van der Waals surface area contributed by atoms with Crippen LogP contribution in [0.4, 0.5) is 0 Å². The van der Waals surface area contributed by atoms with Gasteiger partial charge in [0.15, 0.2) is 5.65 Å². The molecule has 19 heavy (non-hydrogen) atoms. The van der Waals surface area contributed by atoms with Crippen molar-refractivity contribution in [3.8, 4) is 0 Å². The smallest absolute Gasteiger partial charge is 0.340 e. The summed E-state index contributed by atoms with van der Waals surface area (Å²) in [7, 11) is 1.32. The van der Waals surface area contributed by atoms with E-state index in [2.05, 4.69) is 14.8 Å². The van der Waals surface area contributed by atoms with Crippen molar-refractivity contribution in [3.63, 3.8) is 0 Å². The molecule has 6 heteroatoms. The second-order valence-corrected chi connectivity index (χ2v) is 5.12. The third kappa shape index (κ3) is 1.98. The van der Waals surface area contributed by atoms with E-state index in [1.807, 2.05) is 4.68 Å². The predicted octanol–water partition coefficient (Wildman–Crippen LogP) is 2.99. The van der Waals surface area contributed by atoms with E-state index in [9.17, 15) is 4.79 Å². The summed E-state index contributed by atoms with van der Waals surface area (Å²) in [6.45, 7) is 0. The van der Waals surface area contributed by atoms with E-state index in [0.717, 1.165) is 18.5 Å². The highest BCUT2D eigenvalue weighted by Gasteiger charge is 2.22. The quantitative estimate of drug-likeness (QED) is 0.793. The fraction of sp³-hybridized carbons (Fsp3) is 0.462. The van der Waals surface area contributed by atoms with Gasteiger partial charge in [0.1, 0.15) is 0 Å². The summed E-state index contributed by atoms with van der Waals surface area (Å²) in [6.07, 6.45) is 7.82. The summed E-state index contributed by atoms with van der Waals surface area (Å²) in [5.41, 5.74) is 1.02. The number of pyridine rings is 1. The number of hydrogen-bond donors (Lipinski definition) is 0. The van der Waals surface area contributed by atoms with Crippen molar-refractivity contribution in [1.29, 1.82) is 0 Å². The molecule has 1 saturated carbocycles. The zero-order chi connectivity index (χ0) is 13.4. The fourth-order valence-corrected chi connectivity index (χ4v) is 2.89. The molecule has 0 saturated heterocycles. The third-order valence-electron chi connectivity index (χ3n) is 3.63. The van der Waals surface area contributed by atoms with Gasteiger partial charge in [-0.05, 0) is 12.8 Å². The Morgan fingerprint density at radius 3 is 2.84 bits per heavy atom. The molecule has 0 spiro atoms. The maximum atomic E-state index is 11.6. The molecule has 2 heterocycles. The van der Waals surface area contributed by atoms with Crippen LogP contribution in [-0.4, -0.2) is 27.8 Å². The lowest BCUT2D eigenvalue weighted by Gasteiger charge is -2.10. The SMILES string of the molecule is COC(=O)c1cnc2c(cnn2C2CCCC2)c1Cl. The van der Waals surface area contributed by atoms with E-state index in [4.69, 9.17) is 11.6 Å². The summed E-state index contributed by atoms with van der Waals surface area (Å²) >= 11 is 6.24. The highest BCUT2D eigenvalue weighted by atomic mass is 35.5. The number of aromatic nitrogens is 3. The highest BCUT2D eigenvalue weighted by Crippen LogP contribution is 2.33. The normalized spacial score (nSPS) is 16.1. The lowest BCUT2D eigenvalue weighted by molar-refractivity contribution is 0.0600. The molecule has 0 unspecified atom stereocenters. The van der Waals surface area contributed by atoms with E-state index >= 15 is 0 Å². The van der Waals surface area contributed by atoms with Crippen LogP contribution in [0.5, 0.6) is 0 Å². The molecule has 1 aliphatic carbocycles. The lowest BCUT2D eigenvalue weighted by atomic mass is 10.2. The van der Waals surface area contributed by atoms with Crippen LogP contribution in [0.3, 0.4) is 0 Å². The monoisotopic (exact) mass is 279 g/mol. The zero-order valence-electron chi connectivity index (χ0n) is 10.6. The molecule has 0 bridgehead atoms. The number of nitrogens with zero attached hydrogens (tertiary/aromatic N) is 3. The van der Waals surface area contributed by atoms with Gasteiger partial charge >= 0.3 is 5.97 Å². The van der Waals surface area contributed by atoms with Crippen LogP contribution in [0.1, 0.15) is 42.1 Å². The number of fused-ring (bicyclic) bond motifs is 1. The summed E-state index contributed by atoms with van der Waals surface area (Å²) in [6, 6.07) is 0.394. The molecule has 0 radical (unpaired) electrons. The van der Waals surface area contributed by atoms with Crippen LogP contribution < -0.4 is 0 Å². The van der Waals surface area contributed by atoms with Crippen molar-refractivity contribution < 1.29 is 9.53 Å². The molecule has 0 aliphatic heterocycles. The molecule has 2 aromatic heterocycles. The van der Waals surface area contributed by atoms with Crippen molar-refractivity contribution in [1.82, 2.24) is 14.8 Å². The Balaban J connectivity index is 2.10. The first-order valence-corrected chi connectivity index (χ1v) is 6.70. The minimum Gasteiger partial charge on any atom is -0.465 e. The average molecular weight is 280 g/mol. The van der Waals surface area contributed by atoms with Crippen molar-refractivity contribution in [2.75, 3.05) is 7.11 Å². The standard InChI is InChI=1S/C13H14ClN3O2/c1-19-13(18)10-6-15-12-9(11(10)14)7-16-17(12)8-4-2-3-5-8/h6-8H,2-5H2,1H3. The summed E-state index contributed by atoms with van der Waals surface area (Å²) in [5, 5.41) is 5.45. The minimum absolute atomic E-state index is 0.280. The molecule has 0 amide bonds. The van der Waals surface area contributed by atoms with Gasteiger partial charge in [0.25, 0.3) is 0 Å². The van der Waals surface area contributed by atoms with Crippen LogP contribution in [0.2, 0.25) is 5.02 Å². The fourth-order valence-electron chi connectivity index (χ4n) is 2.64. The van der Waals surface area contributed by atoms with Crippen molar-refractivity contribution in [3.05, 3.63) is 23.0 Å². The number of halogens is 1. The summed E-state index contributed by atoms with van der Waals surface area (Å²) in [5.74, 6) is -0.479. The number of carbonyl (C=O) groups excluding carboxylic acids is 1. The van der Waals surface area contributed by atoms with Gasteiger partial charge in [0.05, 0.1) is 35.3 Å². The molecule has 1 fully saturated rings. The van der Waals surface area contributed by atoms with Gasteiger partial charge in [-0.2, -0.15) is 5.10 Å². The van der Waals surface area contributed by atoms with E-state index < -0.39 is 5.97 Å². The molecule has 3 rings (SSSR count). The maximum Gasteiger partial charge on any atom is 0.340 e. The van der Waals surface area contributed by atoms with Gasteiger partial charge in [0.2, 0.25) is 0 Å². The average Bonchev–Trinajstić information content (AvgIpc) is 3.06. The molecular formula is C13H14ClN3O2. The number of rotatable bonds is 2. The van der Waals surface area contributed by atoms with Gasteiger partial charge in [-0.15, -0.1) is 0 Å². The predicted molar refractivity (Wildman–Crippen MR) is 71.4 cm³/mol. The Hall–Kier alpha value is -1.62. The first-order valence-electron chi connectivity index (χ1n) is 6.32. The summed E-state index contributed by atoms with van der Waals surface area (Å²) < 4.78 is 6.61. The Morgan fingerprint density at radius 2 is 2.16 bits per heavy atom. The van der Waals surface area contributed by atoms with E-state index in [-0.39, 0.29) is 5.56 Å². The second kappa shape index (κ2) is 4.81. The number of esters is 1. The molecular weight excluding hydrogens is 266 g/mol. The van der Waals surface area contributed by atoms with Crippen molar-refractivity contribution in [2.45, 2.75) is 31.7 Å². The minimum atomic E-state index is -0.479. The topological polar surface area (TPSA) is 57.0 Å². The van der Waals surface area contributed by atoms with Crippen LogP contribution in [0.25, 0.3) is 11.0 Å². The molecule has 0 atom stereocenters. The third-order valence-corrected chi connectivity index (χ3v) is 4.04. The Kier molecular flexibility index (Phi) is 3.14. The van der Waals surface area contributed by atoms with Gasteiger partial charge in [-0.1, -0.05) is 24.4 Å². The highest BCUT2D eigenvalue weighted by molar-refractivity contribution is 6.38. The number of hydrogen-bond acceptors (Lipinski definition) is 4. The number of carbonyl (C=O) groups is 1. The maximum absolute atomic E-state index is 11.6. The van der Waals surface area contributed by atoms with Crippen LogP contribution in [0.15, 0.2) is 12.4 Å². The van der Waals surface area contributed by atoms with Gasteiger partial charge in [0, 0.05) is 6.20 Å². The Bertz CT molecular complexity index is 632. The lowest BCUT2D eigenvalue weighted by Crippen LogP contribution is -2.08. The Morgan fingerprint density at radius 1 is 1.42 bits per heavy atom. The van der Waals surface area contributed by atoms with Gasteiger partial charge < -0.3 is 4.74 Å². The molecule has 100 valence electrons. The summed E-state index contributed by atoms with van der Waals surface area (Å²) in [4.78, 5) is 15.9. The number of methoxy groups -OCH3 is 1. The van der Waals surface area contributed by atoms with E-state index in [1.165, 1.54) is 26.1 Å². The molecule has 1 aliphatic rings. The van der Waals surface area contributed by atoms with Gasteiger partial charge in [-0.25, -0.2) is 14.5 Å². The van der Waals surface area contributed by atoms with Crippen molar-refractivity contribution in [2.24, 2.45) is 0 Å². The Labute approximate surface area is 115 Å². The molecule has 2 aromatic rings. The molecule has 0 aromatic carbocycles. The first kappa shape index (κ1) is 12.4. The van der Waals surface area contributed by atoms with Crippen LogP contribution in [-0.2, 0) is 4.74 Å². The van der Waals surface area contributed by atoms with Crippen molar-refractivity contribution >= 4 is 28.6 Å². The molecule has 0 N–H and O–H groups in total. The van der Waals surface area contributed by atoms with Crippen LogP contribution in [0, 0.1) is 0 Å². The largest absolute Gasteiger partial charge is 0.465 e. The second-order valence-electron chi connectivity index (χ2n) is 4.74. The van der Waals surface area contributed by atoms with E-state index in [1.54, 1.807) is 6.20 Å².